The summed E-state index contributed by atoms with van der Waals surface area (Å²) in [6, 6.07) is 0. The van der Waals surface area contributed by atoms with Gasteiger partial charge in [0.25, 0.3) is 0 Å². The van der Waals surface area contributed by atoms with Gasteiger partial charge in [0.1, 0.15) is 13.2 Å². The molecule has 0 fully saturated rings. The van der Waals surface area contributed by atoms with Crippen molar-refractivity contribution in [2.75, 3.05) is 13.2 Å². The van der Waals surface area contributed by atoms with E-state index >= 15 is 0 Å². The lowest BCUT2D eigenvalue weighted by Crippen LogP contribution is -2.30. The summed E-state index contributed by atoms with van der Waals surface area (Å²) in [4.78, 5) is 38.1. The lowest BCUT2D eigenvalue weighted by molar-refractivity contribution is -0.167. The minimum absolute atomic E-state index is 0.0684. The standard InChI is InChI=1S/C60H110O6/c1-4-7-10-13-16-19-22-25-28-29-30-31-33-35-38-41-44-47-50-53-59(62)65-56-57(55-64-58(61)52-49-46-43-40-37-34-27-24-21-18-15-12-9-6-3)66-60(63)54-51-48-45-42-39-36-32-26-23-20-17-14-11-8-5-2/h7,10,16,19,25,28,57H,4-6,8-9,11-15,17-18,20-24,26-27,29-56H2,1-3H3/b10-7-,19-16-,28-25-. The normalized spacial score (nSPS) is 12.2. The van der Waals surface area contributed by atoms with Gasteiger partial charge in [-0.3, -0.25) is 14.4 Å². The van der Waals surface area contributed by atoms with E-state index in [0.29, 0.717) is 19.3 Å². The zero-order valence-electron chi connectivity index (χ0n) is 44.2. The van der Waals surface area contributed by atoms with Crippen molar-refractivity contribution in [3.63, 3.8) is 0 Å². The summed E-state index contributed by atoms with van der Waals surface area (Å²) < 4.78 is 16.9. The van der Waals surface area contributed by atoms with Crippen molar-refractivity contribution in [3.8, 4) is 0 Å². The van der Waals surface area contributed by atoms with Crippen LogP contribution in [0.2, 0.25) is 0 Å². The Kier molecular flexibility index (Phi) is 53.2. The molecule has 386 valence electrons. The van der Waals surface area contributed by atoms with Crippen LogP contribution in [-0.4, -0.2) is 37.2 Å². The Labute approximate surface area is 410 Å². The van der Waals surface area contributed by atoms with Crippen LogP contribution < -0.4 is 0 Å². The van der Waals surface area contributed by atoms with Crippen molar-refractivity contribution < 1.29 is 28.6 Å². The molecule has 0 aliphatic carbocycles. The molecule has 0 spiro atoms. The van der Waals surface area contributed by atoms with Gasteiger partial charge in [0.15, 0.2) is 6.10 Å². The fourth-order valence-electron chi connectivity index (χ4n) is 8.58. The zero-order chi connectivity index (χ0) is 47.9. The minimum atomic E-state index is -0.769. The largest absolute Gasteiger partial charge is 0.462 e. The lowest BCUT2D eigenvalue weighted by Gasteiger charge is -2.18. The molecule has 0 saturated carbocycles. The first-order chi connectivity index (χ1) is 32.5. The molecule has 0 saturated heterocycles. The molecule has 0 aromatic rings. The van der Waals surface area contributed by atoms with Crippen LogP contribution in [0.3, 0.4) is 0 Å². The average Bonchev–Trinajstić information content (AvgIpc) is 3.31. The predicted octanol–water partition coefficient (Wildman–Crippen LogP) is 19.3. The number of hydrogen-bond donors (Lipinski definition) is 0. The molecule has 66 heavy (non-hydrogen) atoms. The van der Waals surface area contributed by atoms with E-state index in [1.165, 1.54) is 193 Å². The number of ether oxygens (including phenoxy) is 3. The van der Waals surface area contributed by atoms with Crippen molar-refractivity contribution in [1.82, 2.24) is 0 Å². The first-order valence-electron chi connectivity index (χ1n) is 29.0. The molecule has 0 heterocycles. The van der Waals surface area contributed by atoms with Crippen LogP contribution in [0, 0.1) is 0 Å². The van der Waals surface area contributed by atoms with Crippen LogP contribution >= 0.6 is 0 Å². The van der Waals surface area contributed by atoms with Crippen molar-refractivity contribution in [2.45, 2.75) is 316 Å². The molecule has 0 aromatic heterocycles. The van der Waals surface area contributed by atoms with Crippen LogP contribution in [0.5, 0.6) is 0 Å². The van der Waals surface area contributed by atoms with Gasteiger partial charge in [0.2, 0.25) is 0 Å². The van der Waals surface area contributed by atoms with Gasteiger partial charge in [-0.2, -0.15) is 0 Å². The fourth-order valence-corrected chi connectivity index (χ4v) is 8.58. The highest BCUT2D eigenvalue weighted by atomic mass is 16.6. The van der Waals surface area contributed by atoms with E-state index in [0.717, 1.165) is 77.0 Å². The summed E-state index contributed by atoms with van der Waals surface area (Å²) in [5.74, 6) is -0.854. The van der Waals surface area contributed by atoms with Crippen LogP contribution in [-0.2, 0) is 28.6 Å². The summed E-state index contributed by atoms with van der Waals surface area (Å²) in [5, 5.41) is 0. The molecule has 6 nitrogen and oxygen atoms in total. The first kappa shape index (κ1) is 63.6. The molecule has 0 aromatic carbocycles. The van der Waals surface area contributed by atoms with E-state index in [2.05, 4.69) is 57.2 Å². The Morgan fingerprint density at radius 1 is 0.318 bits per heavy atom. The maximum atomic E-state index is 12.8. The summed E-state index contributed by atoms with van der Waals surface area (Å²) >= 11 is 0. The molecule has 6 heteroatoms. The van der Waals surface area contributed by atoms with E-state index in [9.17, 15) is 14.4 Å². The molecule has 1 unspecified atom stereocenters. The van der Waals surface area contributed by atoms with Crippen molar-refractivity contribution >= 4 is 17.9 Å². The van der Waals surface area contributed by atoms with Gasteiger partial charge >= 0.3 is 17.9 Å². The Morgan fingerprint density at radius 2 is 0.591 bits per heavy atom. The minimum Gasteiger partial charge on any atom is -0.462 e. The van der Waals surface area contributed by atoms with Crippen LogP contribution in [0.1, 0.15) is 310 Å². The maximum Gasteiger partial charge on any atom is 0.306 e. The van der Waals surface area contributed by atoms with E-state index in [-0.39, 0.29) is 31.1 Å². The summed E-state index contributed by atoms with van der Waals surface area (Å²) in [5.41, 5.74) is 0. The number of hydrogen-bond acceptors (Lipinski definition) is 6. The van der Waals surface area contributed by atoms with Crippen LogP contribution in [0.25, 0.3) is 0 Å². The summed E-state index contributed by atoms with van der Waals surface area (Å²) in [6.45, 7) is 6.57. The Balaban J connectivity index is 4.32. The van der Waals surface area contributed by atoms with Gasteiger partial charge in [-0.15, -0.1) is 0 Å². The second-order valence-electron chi connectivity index (χ2n) is 19.5. The second-order valence-corrected chi connectivity index (χ2v) is 19.5. The Bertz CT molecular complexity index is 1110. The number of carbonyl (C=O) groups excluding carboxylic acids is 3. The van der Waals surface area contributed by atoms with Gasteiger partial charge in [0.05, 0.1) is 0 Å². The fraction of sp³-hybridized carbons (Fsp3) is 0.850. The summed E-state index contributed by atoms with van der Waals surface area (Å²) in [7, 11) is 0. The van der Waals surface area contributed by atoms with E-state index < -0.39 is 6.10 Å². The van der Waals surface area contributed by atoms with E-state index in [1.54, 1.807) is 0 Å². The number of unbranched alkanes of at least 4 members (excludes halogenated alkanes) is 36. The SMILES string of the molecule is CC/C=C\C/C=C\C/C=C\CCCCCCCCCCCC(=O)OCC(COC(=O)CCCCCCCCCCCCCCCC)OC(=O)CCCCCCCCCCCCCCCCC. The molecular weight excluding hydrogens is 817 g/mol. The van der Waals surface area contributed by atoms with Gasteiger partial charge in [-0.05, 0) is 51.4 Å². The summed E-state index contributed by atoms with van der Waals surface area (Å²) in [6.07, 6.45) is 65.6. The second kappa shape index (κ2) is 55.2. The third-order valence-electron chi connectivity index (χ3n) is 12.9. The predicted molar refractivity (Wildman–Crippen MR) is 284 cm³/mol. The number of rotatable bonds is 53. The molecule has 0 bridgehead atoms. The van der Waals surface area contributed by atoms with Crippen molar-refractivity contribution in [1.29, 1.82) is 0 Å². The monoisotopic (exact) mass is 927 g/mol. The zero-order valence-corrected chi connectivity index (χ0v) is 44.2. The molecule has 1 atom stereocenters. The molecular formula is C60H110O6. The Hall–Kier alpha value is -2.37. The molecule has 0 rings (SSSR count). The molecule has 0 amide bonds. The highest BCUT2D eigenvalue weighted by molar-refractivity contribution is 5.71. The Morgan fingerprint density at radius 3 is 0.924 bits per heavy atom. The highest BCUT2D eigenvalue weighted by Gasteiger charge is 2.19. The molecule has 0 radical (unpaired) electrons. The maximum absolute atomic E-state index is 12.8. The number of esters is 3. The topological polar surface area (TPSA) is 78.9 Å². The van der Waals surface area contributed by atoms with E-state index in [4.69, 9.17) is 14.2 Å². The average molecular weight is 928 g/mol. The first-order valence-corrected chi connectivity index (χ1v) is 29.0. The molecule has 0 aliphatic heterocycles. The van der Waals surface area contributed by atoms with Gasteiger partial charge in [-0.1, -0.05) is 276 Å². The molecule has 0 N–H and O–H groups in total. The van der Waals surface area contributed by atoms with Crippen LogP contribution in [0.4, 0.5) is 0 Å². The molecule has 0 aliphatic rings. The quantitative estimate of drug-likeness (QED) is 0.0262. The number of carbonyl (C=O) groups is 3. The van der Waals surface area contributed by atoms with Crippen molar-refractivity contribution in [2.24, 2.45) is 0 Å². The third kappa shape index (κ3) is 52.6. The van der Waals surface area contributed by atoms with Crippen molar-refractivity contribution in [3.05, 3.63) is 36.5 Å². The lowest BCUT2D eigenvalue weighted by atomic mass is 10.0. The van der Waals surface area contributed by atoms with Gasteiger partial charge in [0, 0.05) is 19.3 Å². The third-order valence-corrected chi connectivity index (χ3v) is 12.9. The van der Waals surface area contributed by atoms with Gasteiger partial charge in [-0.25, -0.2) is 0 Å². The van der Waals surface area contributed by atoms with Gasteiger partial charge < -0.3 is 14.2 Å². The smallest absolute Gasteiger partial charge is 0.306 e. The van der Waals surface area contributed by atoms with E-state index in [1.807, 2.05) is 0 Å². The van der Waals surface area contributed by atoms with Crippen LogP contribution in [0.15, 0.2) is 36.5 Å². The highest BCUT2D eigenvalue weighted by Crippen LogP contribution is 2.17. The number of allylic oxidation sites excluding steroid dienone is 6.